The molecule has 2 aromatic carbocycles. The second kappa shape index (κ2) is 8.00. The Balaban J connectivity index is 1.50. The number of thiazole rings is 1. The van der Waals surface area contributed by atoms with Crippen molar-refractivity contribution in [2.45, 2.75) is 13.0 Å². The number of fused-ring (bicyclic) bond motifs is 1. The van der Waals surface area contributed by atoms with Crippen LogP contribution in [-0.2, 0) is 18.3 Å². The van der Waals surface area contributed by atoms with E-state index < -0.39 is 6.61 Å². The number of nitrogens with one attached hydrogen (secondary N) is 1. The molecule has 4 aromatic rings. The van der Waals surface area contributed by atoms with E-state index in [1.807, 2.05) is 42.1 Å². The van der Waals surface area contributed by atoms with Crippen molar-refractivity contribution in [1.29, 1.82) is 0 Å². The molecule has 0 aliphatic carbocycles. The minimum atomic E-state index is -2.92. The summed E-state index contributed by atoms with van der Waals surface area (Å²) in [5, 5.41) is 5.91. The zero-order valence-corrected chi connectivity index (χ0v) is 16.2. The van der Waals surface area contributed by atoms with Gasteiger partial charge in [0.1, 0.15) is 5.75 Å². The van der Waals surface area contributed by atoms with E-state index in [1.165, 1.54) is 17.4 Å². The molecule has 0 atom stereocenters. The van der Waals surface area contributed by atoms with Crippen LogP contribution in [0.1, 0.15) is 5.56 Å². The average Bonchev–Trinajstić information content (AvgIpc) is 3.27. The van der Waals surface area contributed by atoms with Crippen molar-refractivity contribution in [2.24, 2.45) is 7.05 Å². The topological polar surface area (TPSA) is 56.2 Å². The van der Waals surface area contributed by atoms with Crippen molar-refractivity contribution in [2.75, 3.05) is 5.32 Å². The van der Waals surface area contributed by atoms with Crippen LogP contribution in [0.3, 0.4) is 0 Å². The molecule has 0 spiro atoms. The third-order valence-electron chi connectivity index (χ3n) is 4.46. The number of ether oxygens (including phenoxy) is 1. The van der Waals surface area contributed by atoms with Crippen LogP contribution in [0, 0.1) is 0 Å². The van der Waals surface area contributed by atoms with Crippen LogP contribution < -0.4 is 10.1 Å². The molecule has 0 saturated heterocycles. The number of anilines is 1. The first-order valence-electron chi connectivity index (χ1n) is 8.84. The lowest BCUT2D eigenvalue weighted by Gasteiger charge is -2.08. The van der Waals surface area contributed by atoms with Crippen LogP contribution in [0.25, 0.3) is 22.2 Å². The van der Waals surface area contributed by atoms with Crippen molar-refractivity contribution < 1.29 is 18.3 Å². The van der Waals surface area contributed by atoms with E-state index >= 15 is 0 Å². The molecule has 0 aliphatic heterocycles. The van der Waals surface area contributed by atoms with Gasteiger partial charge in [-0.05, 0) is 23.8 Å². The Morgan fingerprint density at radius 3 is 2.79 bits per heavy atom. The summed E-state index contributed by atoms with van der Waals surface area (Å²) in [6.45, 7) is -2.92. The zero-order chi connectivity index (χ0) is 20.4. The summed E-state index contributed by atoms with van der Waals surface area (Å²) in [7, 11) is 1.94. The Morgan fingerprint density at radius 2 is 1.97 bits per heavy atom. The fourth-order valence-electron chi connectivity index (χ4n) is 3.23. The molecule has 8 heteroatoms. The van der Waals surface area contributed by atoms with Crippen molar-refractivity contribution in [3.8, 4) is 17.0 Å². The Kier molecular flexibility index (Phi) is 5.26. The summed E-state index contributed by atoms with van der Waals surface area (Å²) in [5.74, 6) is -0.152. The molecule has 4 rings (SSSR count). The molecule has 0 aliphatic rings. The number of carbonyl (C=O) groups is 1. The summed E-state index contributed by atoms with van der Waals surface area (Å²) >= 11 is 1.23. The van der Waals surface area contributed by atoms with Gasteiger partial charge in [0, 0.05) is 35.1 Å². The maximum absolute atomic E-state index is 12.6. The third-order valence-corrected chi connectivity index (χ3v) is 5.22. The minimum absolute atomic E-state index is 0.0430. The zero-order valence-electron chi connectivity index (χ0n) is 15.4. The predicted molar refractivity (Wildman–Crippen MR) is 109 cm³/mol. The van der Waals surface area contributed by atoms with Gasteiger partial charge in [-0.25, -0.2) is 4.98 Å². The molecular weight excluding hydrogens is 396 g/mol. The van der Waals surface area contributed by atoms with Crippen LogP contribution in [0.5, 0.6) is 5.75 Å². The van der Waals surface area contributed by atoms with Gasteiger partial charge < -0.3 is 14.6 Å². The van der Waals surface area contributed by atoms with Gasteiger partial charge in [0.2, 0.25) is 5.91 Å². The highest BCUT2D eigenvalue weighted by molar-refractivity contribution is 7.14. The van der Waals surface area contributed by atoms with E-state index in [2.05, 4.69) is 15.0 Å². The smallest absolute Gasteiger partial charge is 0.387 e. The van der Waals surface area contributed by atoms with Gasteiger partial charge in [-0.1, -0.05) is 30.3 Å². The molecule has 1 N–H and O–H groups in total. The van der Waals surface area contributed by atoms with Crippen LogP contribution in [0.15, 0.2) is 60.1 Å². The first-order valence-corrected chi connectivity index (χ1v) is 9.72. The van der Waals surface area contributed by atoms with Crippen LogP contribution >= 0.6 is 11.3 Å². The van der Waals surface area contributed by atoms with E-state index in [-0.39, 0.29) is 18.1 Å². The number of hydrogen-bond acceptors (Lipinski definition) is 4. The number of alkyl halides is 2. The highest BCUT2D eigenvalue weighted by Gasteiger charge is 2.15. The first-order chi connectivity index (χ1) is 14.0. The van der Waals surface area contributed by atoms with Gasteiger partial charge in [0.25, 0.3) is 0 Å². The number of para-hydroxylation sites is 2. The second-order valence-corrected chi connectivity index (χ2v) is 7.28. The summed E-state index contributed by atoms with van der Waals surface area (Å²) in [5.41, 5.74) is 2.89. The number of rotatable bonds is 6. The van der Waals surface area contributed by atoms with Crippen molar-refractivity contribution in [3.05, 3.63) is 65.7 Å². The average molecular weight is 413 g/mol. The maximum Gasteiger partial charge on any atom is 0.387 e. The van der Waals surface area contributed by atoms with E-state index in [0.717, 1.165) is 16.5 Å². The van der Waals surface area contributed by atoms with Gasteiger partial charge in [-0.3, -0.25) is 4.79 Å². The number of amides is 1. The standard InChI is InChI=1S/C21H17F2N3O2S/c1-26-11-13(14-6-2-4-8-17(14)26)10-19(27)25-21-24-16(12-29-21)15-7-3-5-9-18(15)28-20(22)23/h2-9,11-12,20H,10H2,1H3,(H,24,25,27). The molecule has 29 heavy (non-hydrogen) atoms. The lowest BCUT2D eigenvalue weighted by molar-refractivity contribution is -0.115. The number of halogens is 2. The van der Waals surface area contributed by atoms with Gasteiger partial charge in [0.05, 0.1) is 12.1 Å². The Hall–Kier alpha value is -3.26. The van der Waals surface area contributed by atoms with Crippen LogP contribution in [-0.4, -0.2) is 22.1 Å². The SMILES string of the molecule is Cn1cc(CC(=O)Nc2nc(-c3ccccc3OC(F)F)cs2)c2ccccc21. The molecule has 5 nitrogen and oxygen atoms in total. The molecule has 0 bridgehead atoms. The largest absolute Gasteiger partial charge is 0.434 e. The molecule has 0 unspecified atom stereocenters. The van der Waals surface area contributed by atoms with E-state index in [1.54, 1.807) is 23.6 Å². The summed E-state index contributed by atoms with van der Waals surface area (Å²) < 4.78 is 31.8. The molecule has 2 heterocycles. The summed E-state index contributed by atoms with van der Waals surface area (Å²) in [6.07, 6.45) is 2.15. The van der Waals surface area contributed by atoms with Crippen LogP contribution in [0.2, 0.25) is 0 Å². The highest BCUT2D eigenvalue weighted by atomic mass is 32.1. The molecule has 1 amide bonds. The Bertz CT molecular complexity index is 1170. The molecule has 148 valence electrons. The van der Waals surface area contributed by atoms with Gasteiger partial charge in [0.15, 0.2) is 5.13 Å². The molecule has 0 saturated carbocycles. The quantitative estimate of drug-likeness (QED) is 0.479. The van der Waals surface area contributed by atoms with Crippen LogP contribution in [0.4, 0.5) is 13.9 Å². The number of benzene rings is 2. The fraction of sp³-hybridized carbons (Fsp3) is 0.143. The van der Waals surface area contributed by atoms with E-state index in [4.69, 9.17) is 0 Å². The summed E-state index contributed by atoms with van der Waals surface area (Å²) in [6, 6.07) is 14.3. The van der Waals surface area contributed by atoms with Gasteiger partial charge >= 0.3 is 6.61 Å². The molecule has 0 fully saturated rings. The lowest BCUT2D eigenvalue weighted by atomic mass is 10.1. The number of aryl methyl sites for hydroxylation is 1. The van der Waals surface area contributed by atoms with Gasteiger partial charge in [-0.2, -0.15) is 8.78 Å². The predicted octanol–water partition coefficient (Wildman–Crippen LogP) is 5.08. The number of nitrogens with zero attached hydrogens (tertiary/aromatic N) is 2. The normalized spacial score (nSPS) is 11.2. The molecule has 2 aromatic heterocycles. The van der Waals surface area contributed by atoms with E-state index in [9.17, 15) is 13.6 Å². The second-order valence-electron chi connectivity index (χ2n) is 6.42. The number of aromatic nitrogens is 2. The minimum Gasteiger partial charge on any atom is -0.434 e. The molecular formula is C21H17F2N3O2S. The van der Waals surface area contributed by atoms with Crippen molar-refractivity contribution in [1.82, 2.24) is 9.55 Å². The fourth-order valence-corrected chi connectivity index (χ4v) is 3.96. The first kappa shape index (κ1) is 19.1. The monoisotopic (exact) mass is 413 g/mol. The highest BCUT2D eigenvalue weighted by Crippen LogP contribution is 2.33. The summed E-state index contributed by atoms with van der Waals surface area (Å²) in [4.78, 5) is 16.9. The van der Waals surface area contributed by atoms with Crippen molar-refractivity contribution >= 4 is 33.3 Å². The molecule has 0 radical (unpaired) electrons. The Labute approximate surface area is 169 Å². The number of hydrogen-bond donors (Lipinski definition) is 1. The number of carbonyl (C=O) groups excluding carboxylic acids is 1. The third kappa shape index (κ3) is 4.12. The Morgan fingerprint density at radius 1 is 1.21 bits per heavy atom. The lowest BCUT2D eigenvalue weighted by Crippen LogP contribution is -2.14. The van der Waals surface area contributed by atoms with Gasteiger partial charge in [-0.15, -0.1) is 11.3 Å². The van der Waals surface area contributed by atoms with E-state index in [0.29, 0.717) is 16.4 Å². The maximum atomic E-state index is 12.6. The van der Waals surface area contributed by atoms with Crippen molar-refractivity contribution in [3.63, 3.8) is 0 Å².